The SMILES string of the molecule is CC(C)Cc1c(C(C)C)[nH]n(C(C)(C)C)c1=O. The molecule has 0 saturated heterocycles. The molecule has 0 fully saturated rings. The first kappa shape index (κ1) is 14.1. The second-order valence-corrected chi connectivity index (χ2v) is 6.57. The van der Waals surface area contributed by atoms with Crippen molar-refractivity contribution in [3.63, 3.8) is 0 Å². The predicted molar refractivity (Wildman–Crippen MR) is 72.7 cm³/mol. The van der Waals surface area contributed by atoms with Gasteiger partial charge in [-0.1, -0.05) is 27.7 Å². The third-order valence-electron chi connectivity index (χ3n) is 2.88. The lowest BCUT2D eigenvalue weighted by molar-refractivity contribution is 0.342. The molecule has 0 aliphatic carbocycles. The van der Waals surface area contributed by atoms with Crippen LogP contribution in [-0.4, -0.2) is 9.78 Å². The van der Waals surface area contributed by atoms with E-state index in [0.717, 1.165) is 17.7 Å². The highest BCUT2D eigenvalue weighted by molar-refractivity contribution is 5.21. The van der Waals surface area contributed by atoms with Gasteiger partial charge in [-0.25, -0.2) is 4.68 Å². The van der Waals surface area contributed by atoms with Crippen molar-refractivity contribution in [2.24, 2.45) is 5.92 Å². The molecule has 1 N–H and O–H groups in total. The van der Waals surface area contributed by atoms with Gasteiger partial charge in [-0.15, -0.1) is 0 Å². The lowest BCUT2D eigenvalue weighted by atomic mass is 9.98. The van der Waals surface area contributed by atoms with Gasteiger partial charge in [0.05, 0.1) is 5.54 Å². The van der Waals surface area contributed by atoms with Gasteiger partial charge in [0, 0.05) is 11.3 Å². The molecule has 17 heavy (non-hydrogen) atoms. The molecular weight excluding hydrogens is 212 g/mol. The summed E-state index contributed by atoms with van der Waals surface area (Å²) in [5.41, 5.74) is 2.02. The third-order valence-corrected chi connectivity index (χ3v) is 2.88. The smallest absolute Gasteiger partial charge is 0.270 e. The normalized spacial score (nSPS) is 12.8. The van der Waals surface area contributed by atoms with Crippen LogP contribution in [0.2, 0.25) is 0 Å². The largest absolute Gasteiger partial charge is 0.299 e. The molecule has 0 radical (unpaired) electrons. The van der Waals surface area contributed by atoms with E-state index in [-0.39, 0.29) is 11.1 Å². The van der Waals surface area contributed by atoms with Crippen LogP contribution < -0.4 is 5.56 Å². The van der Waals surface area contributed by atoms with Crippen LogP contribution in [0, 0.1) is 5.92 Å². The standard InChI is InChI=1S/C14H26N2O/c1-9(2)8-11-12(10(3)4)15-16(13(11)17)14(5,6)7/h9-10,15H,8H2,1-7H3. The Hall–Kier alpha value is -0.990. The first-order valence-corrected chi connectivity index (χ1v) is 6.48. The number of hydrogen-bond acceptors (Lipinski definition) is 1. The highest BCUT2D eigenvalue weighted by atomic mass is 16.1. The lowest BCUT2D eigenvalue weighted by Crippen LogP contribution is -2.33. The first-order chi connectivity index (χ1) is 7.64. The van der Waals surface area contributed by atoms with Gasteiger partial charge in [0.1, 0.15) is 0 Å². The van der Waals surface area contributed by atoms with Gasteiger partial charge in [0.15, 0.2) is 0 Å². The average Bonchev–Trinajstić information content (AvgIpc) is 2.42. The summed E-state index contributed by atoms with van der Waals surface area (Å²) in [5, 5.41) is 3.30. The zero-order valence-corrected chi connectivity index (χ0v) is 12.2. The Labute approximate surface area is 104 Å². The van der Waals surface area contributed by atoms with Crippen molar-refractivity contribution in [1.82, 2.24) is 9.78 Å². The average molecular weight is 238 g/mol. The zero-order chi connectivity index (χ0) is 13.4. The zero-order valence-electron chi connectivity index (χ0n) is 12.2. The Bertz CT molecular complexity index is 430. The molecule has 1 heterocycles. The molecule has 0 amide bonds. The van der Waals surface area contributed by atoms with Crippen LogP contribution in [-0.2, 0) is 12.0 Å². The quantitative estimate of drug-likeness (QED) is 0.862. The second-order valence-electron chi connectivity index (χ2n) is 6.57. The first-order valence-electron chi connectivity index (χ1n) is 6.48. The van der Waals surface area contributed by atoms with Crippen molar-refractivity contribution in [2.75, 3.05) is 0 Å². The van der Waals surface area contributed by atoms with E-state index in [1.165, 1.54) is 0 Å². The van der Waals surface area contributed by atoms with Crippen molar-refractivity contribution in [1.29, 1.82) is 0 Å². The van der Waals surface area contributed by atoms with Gasteiger partial charge in [-0.2, -0.15) is 0 Å². The predicted octanol–water partition coefficient (Wildman–Crippen LogP) is 3.25. The highest BCUT2D eigenvalue weighted by Crippen LogP contribution is 2.20. The third kappa shape index (κ3) is 3.02. The fourth-order valence-corrected chi connectivity index (χ4v) is 2.04. The topological polar surface area (TPSA) is 37.8 Å². The van der Waals surface area contributed by atoms with Crippen LogP contribution in [0.25, 0.3) is 0 Å². The van der Waals surface area contributed by atoms with E-state index < -0.39 is 0 Å². The van der Waals surface area contributed by atoms with Gasteiger partial charge < -0.3 is 0 Å². The Balaban J connectivity index is 3.36. The highest BCUT2D eigenvalue weighted by Gasteiger charge is 2.23. The monoisotopic (exact) mass is 238 g/mol. The number of rotatable bonds is 3. The van der Waals surface area contributed by atoms with Crippen molar-refractivity contribution in [2.45, 2.75) is 66.3 Å². The maximum absolute atomic E-state index is 12.4. The van der Waals surface area contributed by atoms with Crippen LogP contribution in [0.4, 0.5) is 0 Å². The molecule has 0 aromatic carbocycles. The molecule has 3 nitrogen and oxygen atoms in total. The molecular formula is C14H26N2O. The molecule has 98 valence electrons. The van der Waals surface area contributed by atoms with Gasteiger partial charge in [-0.3, -0.25) is 9.89 Å². The van der Waals surface area contributed by atoms with E-state index in [4.69, 9.17) is 0 Å². The summed E-state index contributed by atoms with van der Waals surface area (Å²) in [5.74, 6) is 0.865. The molecule has 0 spiro atoms. The Morgan fingerprint density at radius 3 is 2.06 bits per heavy atom. The maximum atomic E-state index is 12.4. The van der Waals surface area contributed by atoms with Gasteiger partial charge in [0.25, 0.3) is 5.56 Å². The number of nitrogens with zero attached hydrogens (tertiary/aromatic N) is 1. The molecule has 0 saturated carbocycles. The minimum Gasteiger partial charge on any atom is -0.299 e. The molecule has 0 atom stereocenters. The molecule has 1 rings (SSSR count). The summed E-state index contributed by atoms with van der Waals surface area (Å²) in [6.45, 7) is 14.7. The van der Waals surface area contributed by atoms with E-state index in [0.29, 0.717) is 11.8 Å². The van der Waals surface area contributed by atoms with E-state index in [1.54, 1.807) is 4.68 Å². The summed E-state index contributed by atoms with van der Waals surface area (Å²) < 4.78 is 1.76. The summed E-state index contributed by atoms with van der Waals surface area (Å²) >= 11 is 0. The lowest BCUT2D eigenvalue weighted by Gasteiger charge is -2.19. The number of hydrogen-bond donors (Lipinski definition) is 1. The van der Waals surface area contributed by atoms with Crippen LogP contribution >= 0.6 is 0 Å². The van der Waals surface area contributed by atoms with Gasteiger partial charge in [-0.05, 0) is 39.0 Å². The van der Waals surface area contributed by atoms with Crippen LogP contribution in [0.3, 0.4) is 0 Å². The van der Waals surface area contributed by atoms with Crippen molar-refractivity contribution in [3.05, 3.63) is 21.6 Å². The molecule has 1 aromatic rings. The van der Waals surface area contributed by atoms with Crippen molar-refractivity contribution >= 4 is 0 Å². The molecule has 3 heteroatoms. The Kier molecular flexibility index (Phi) is 3.90. The van der Waals surface area contributed by atoms with E-state index >= 15 is 0 Å². The van der Waals surface area contributed by atoms with Crippen molar-refractivity contribution < 1.29 is 0 Å². The number of aromatic amines is 1. The minimum absolute atomic E-state index is 0.148. The molecule has 0 bridgehead atoms. The van der Waals surface area contributed by atoms with Crippen LogP contribution in [0.5, 0.6) is 0 Å². The fourth-order valence-electron chi connectivity index (χ4n) is 2.04. The fraction of sp³-hybridized carbons (Fsp3) is 0.786. The molecule has 0 aliphatic heterocycles. The van der Waals surface area contributed by atoms with Gasteiger partial charge in [0.2, 0.25) is 0 Å². The van der Waals surface area contributed by atoms with Gasteiger partial charge >= 0.3 is 0 Å². The minimum atomic E-state index is -0.185. The number of H-pyrrole nitrogens is 1. The van der Waals surface area contributed by atoms with E-state index in [9.17, 15) is 4.79 Å². The van der Waals surface area contributed by atoms with E-state index in [2.05, 4.69) is 32.8 Å². The number of aromatic nitrogens is 2. The van der Waals surface area contributed by atoms with Crippen molar-refractivity contribution in [3.8, 4) is 0 Å². The van der Waals surface area contributed by atoms with E-state index in [1.807, 2.05) is 20.8 Å². The molecule has 0 unspecified atom stereocenters. The summed E-state index contributed by atoms with van der Waals surface area (Å²) in [7, 11) is 0. The summed E-state index contributed by atoms with van der Waals surface area (Å²) in [4.78, 5) is 12.4. The summed E-state index contributed by atoms with van der Waals surface area (Å²) in [6, 6.07) is 0. The Morgan fingerprint density at radius 2 is 1.71 bits per heavy atom. The Morgan fingerprint density at radius 1 is 1.18 bits per heavy atom. The summed E-state index contributed by atoms with van der Waals surface area (Å²) in [6.07, 6.45) is 0.853. The maximum Gasteiger partial charge on any atom is 0.270 e. The van der Waals surface area contributed by atoms with Crippen LogP contribution in [0.1, 0.15) is 65.6 Å². The second kappa shape index (κ2) is 4.71. The molecule has 0 aliphatic rings. The van der Waals surface area contributed by atoms with Crippen LogP contribution in [0.15, 0.2) is 4.79 Å². The molecule has 1 aromatic heterocycles. The number of nitrogens with one attached hydrogen (secondary N) is 1.